The normalized spacial score (nSPS) is 14.4. The van der Waals surface area contributed by atoms with Crippen LogP contribution in [0, 0.1) is 0 Å². The van der Waals surface area contributed by atoms with Crippen molar-refractivity contribution in [3.8, 4) is 5.75 Å². The third-order valence-electron chi connectivity index (χ3n) is 5.04. The molecule has 176 valence electrons. The van der Waals surface area contributed by atoms with Crippen molar-refractivity contribution in [3.05, 3.63) is 35.9 Å². The molecule has 1 aliphatic heterocycles. The Morgan fingerprint density at radius 3 is 2.73 bits per heavy atom. The smallest absolute Gasteiger partial charge is 0.406 e. The lowest BCUT2D eigenvalue weighted by atomic mass is 10.1. The van der Waals surface area contributed by atoms with Crippen molar-refractivity contribution in [2.45, 2.75) is 37.4 Å². The molecular formula is C20H19F3N4O4S2. The van der Waals surface area contributed by atoms with Crippen LogP contribution in [0.5, 0.6) is 5.75 Å². The largest absolute Gasteiger partial charge is 0.573 e. The molecule has 0 bridgehead atoms. The average molecular weight is 501 g/mol. The summed E-state index contributed by atoms with van der Waals surface area (Å²) in [5.41, 5.74) is 1.99. The van der Waals surface area contributed by atoms with Gasteiger partial charge in [-0.2, -0.15) is 8.42 Å². The first-order valence-corrected chi connectivity index (χ1v) is 12.3. The monoisotopic (exact) mass is 500 g/mol. The summed E-state index contributed by atoms with van der Waals surface area (Å²) in [7, 11) is -4.57. The number of fused-ring (bicyclic) bond motifs is 2. The van der Waals surface area contributed by atoms with E-state index < -0.39 is 16.5 Å². The molecule has 0 saturated heterocycles. The standard InChI is InChI=1S/C20H19F3N4O4S2/c1-2-3-7-27-8-6-12-9-15(18(11-16(12)27)33(28,29)30)25-26-19-24-14-5-4-13(10-17(14)32-19)31-20(21,22)23/h4-5,9-11H,2-3,6-8H2,1H3,(H,28,29,30). The Morgan fingerprint density at radius 2 is 2.03 bits per heavy atom. The summed E-state index contributed by atoms with van der Waals surface area (Å²) < 4.78 is 75.3. The minimum absolute atomic E-state index is 0.0334. The van der Waals surface area contributed by atoms with E-state index in [9.17, 15) is 26.1 Å². The lowest BCUT2D eigenvalue weighted by Crippen LogP contribution is -2.21. The molecule has 13 heteroatoms. The highest BCUT2D eigenvalue weighted by atomic mass is 32.2. The summed E-state index contributed by atoms with van der Waals surface area (Å²) in [5, 5.41) is 8.07. The second-order valence-corrected chi connectivity index (χ2v) is 9.79. The van der Waals surface area contributed by atoms with Crippen LogP contribution in [0.2, 0.25) is 0 Å². The van der Waals surface area contributed by atoms with Crippen LogP contribution < -0.4 is 9.64 Å². The summed E-state index contributed by atoms with van der Waals surface area (Å²) in [6.07, 6.45) is -2.16. The Balaban J connectivity index is 1.66. The lowest BCUT2D eigenvalue weighted by molar-refractivity contribution is -0.274. The van der Waals surface area contributed by atoms with E-state index in [1.165, 1.54) is 18.2 Å². The molecule has 0 fully saturated rings. The van der Waals surface area contributed by atoms with E-state index in [1.807, 2.05) is 0 Å². The van der Waals surface area contributed by atoms with Crippen molar-refractivity contribution < 1.29 is 30.9 Å². The van der Waals surface area contributed by atoms with Gasteiger partial charge in [0.2, 0.25) is 5.13 Å². The van der Waals surface area contributed by atoms with Crippen molar-refractivity contribution in [2.24, 2.45) is 10.2 Å². The topological polar surface area (TPSA) is 104 Å². The first-order chi connectivity index (χ1) is 15.5. The van der Waals surface area contributed by atoms with E-state index in [0.717, 1.165) is 54.6 Å². The Bertz CT molecular complexity index is 1320. The van der Waals surface area contributed by atoms with Crippen molar-refractivity contribution in [1.82, 2.24) is 4.98 Å². The molecule has 1 aliphatic rings. The number of azo groups is 1. The fraction of sp³-hybridized carbons (Fsp3) is 0.350. The van der Waals surface area contributed by atoms with Gasteiger partial charge in [-0.1, -0.05) is 24.7 Å². The molecular weight excluding hydrogens is 481 g/mol. The number of hydrogen-bond donors (Lipinski definition) is 1. The minimum atomic E-state index is -4.81. The highest BCUT2D eigenvalue weighted by Gasteiger charge is 2.31. The van der Waals surface area contributed by atoms with E-state index in [1.54, 1.807) is 6.07 Å². The molecule has 2 aromatic carbocycles. The zero-order valence-electron chi connectivity index (χ0n) is 17.3. The molecule has 1 N–H and O–H groups in total. The molecule has 0 unspecified atom stereocenters. The number of alkyl halides is 3. The predicted molar refractivity (Wildman–Crippen MR) is 118 cm³/mol. The SMILES string of the molecule is CCCCN1CCc2cc(N=Nc3nc4ccc(OC(F)(F)F)cc4s3)c(S(=O)(=O)O)cc21. The molecule has 1 aromatic heterocycles. The van der Waals surface area contributed by atoms with Crippen molar-refractivity contribution in [2.75, 3.05) is 18.0 Å². The predicted octanol–water partition coefficient (Wildman–Crippen LogP) is 6.02. The van der Waals surface area contributed by atoms with E-state index in [0.29, 0.717) is 16.6 Å². The number of hydrogen-bond acceptors (Lipinski definition) is 8. The van der Waals surface area contributed by atoms with Crippen LogP contribution in [0.4, 0.5) is 29.7 Å². The zero-order chi connectivity index (χ0) is 23.8. The maximum absolute atomic E-state index is 12.4. The van der Waals surface area contributed by atoms with Crippen LogP contribution >= 0.6 is 11.3 Å². The molecule has 2 heterocycles. The van der Waals surface area contributed by atoms with Crippen LogP contribution in [0.3, 0.4) is 0 Å². The van der Waals surface area contributed by atoms with Gasteiger partial charge in [-0.25, -0.2) is 4.98 Å². The van der Waals surface area contributed by atoms with Gasteiger partial charge < -0.3 is 9.64 Å². The van der Waals surface area contributed by atoms with E-state index >= 15 is 0 Å². The number of thiazole rings is 1. The Morgan fingerprint density at radius 1 is 1.24 bits per heavy atom. The molecule has 0 radical (unpaired) electrons. The van der Waals surface area contributed by atoms with Gasteiger partial charge in [-0.3, -0.25) is 4.55 Å². The maximum atomic E-state index is 12.4. The van der Waals surface area contributed by atoms with E-state index in [2.05, 4.69) is 31.8 Å². The third-order valence-corrected chi connectivity index (χ3v) is 6.82. The highest BCUT2D eigenvalue weighted by Crippen LogP contribution is 2.38. The second-order valence-electron chi connectivity index (χ2n) is 7.39. The summed E-state index contributed by atoms with van der Waals surface area (Å²) in [6, 6.07) is 6.66. The second kappa shape index (κ2) is 8.88. The van der Waals surface area contributed by atoms with E-state index in [4.69, 9.17) is 0 Å². The molecule has 0 saturated carbocycles. The average Bonchev–Trinajstić information content (AvgIpc) is 3.30. The van der Waals surface area contributed by atoms with Gasteiger partial charge in [0.05, 0.1) is 10.2 Å². The highest BCUT2D eigenvalue weighted by molar-refractivity contribution is 7.86. The van der Waals surface area contributed by atoms with Crippen LogP contribution in [-0.4, -0.2) is 37.4 Å². The van der Waals surface area contributed by atoms with Gasteiger partial charge >= 0.3 is 6.36 Å². The van der Waals surface area contributed by atoms with Crippen molar-refractivity contribution in [1.29, 1.82) is 0 Å². The fourth-order valence-corrected chi connectivity index (χ4v) is 5.01. The molecule has 33 heavy (non-hydrogen) atoms. The molecule has 0 atom stereocenters. The molecule has 0 amide bonds. The molecule has 4 rings (SSSR count). The molecule has 8 nitrogen and oxygen atoms in total. The summed E-state index contributed by atoms with van der Waals surface area (Å²) in [6.45, 7) is 3.58. The number of rotatable bonds is 7. The van der Waals surface area contributed by atoms with Crippen molar-refractivity contribution in [3.63, 3.8) is 0 Å². The number of benzene rings is 2. The van der Waals surface area contributed by atoms with Gasteiger partial charge in [-0.15, -0.1) is 23.4 Å². The summed E-state index contributed by atoms with van der Waals surface area (Å²) >= 11 is 0.966. The third kappa shape index (κ3) is 5.42. The van der Waals surface area contributed by atoms with Gasteiger partial charge in [0.15, 0.2) is 0 Å². The van der Waals surface area contributed by atoms with Crippen LogP contribution in [0.25, 0.3) is 10.2 Å². The lowest BCUT2D eigenvalue weighted by Gasteiger charge is -2.19. The van der Waals surface area contributed by atoms with Gasteiger partial charge in [-0.05, 0) is 42.7 Å². The Labute approximate surface area is 191 Å². The molecule has 0 spiro atoms. The van der Waals surface area contributed by atoms with Crippen LogP contribution in [0.15, 0.2) is 45.5 Å². The maximum Gasteiger partial charge on any atom is 0.573 e. The van der Waals surface area contributed by atoms with Crippen LogP contribution in [-0.2, 0) is 16.5 Å². The number of nitrogens with zero attached hydrogens (tertiary/aromatic N) is 4. The fourth-order valence-electron chi connectivity index (χ4n) is 3.57. The number of aromatic nitrogens is 1. The number of anilines is 1. The number of unbranched alkanes of at least 4 members (excludes halogenated alkanes) is 1. The van der Waals surface area contributed by atoms with E-state index in [-0.39, 0.29) is 21.5 Å². The molecule has 3 aromatic rings. The van der Waals surface area contributed by atoms with Crippen LogP contribution in [0.1, 0.15) is 25.3 Å². The van der Waals surface area contributed by atoms with Gasteiger partial charge in [0, 0.05) is 24.8 Å². The van der Waals surface area contributed by atoms with Gasteiger partial charge in [0.1, 0.15) is 16.3 Å². The zero-order valence-corrected chi connectivity index (χ0v) is 19.0. The minimum Gasteiger partial charge on any atom is -0.406 e. The first kappa shape index (κ1) is 23.4. The Kier molecular flexibility index (Phi) is 6.29. The first-order valence-electron chi connectivity index (χ1n) is 10.0. The molecule has 0 aliphatic carbocycles. The summed E-state index contributed by atoms with van der Waals surface area (Å²) in [5.74, 6) is -0.387. The van der Waals surface area contributed by atoms with Crippen molar-refractivity contribution >= 4 is 48.2 Å². The summed E-state index contributed by atoms with van der Waals surface area (Å²) in [4.78, 5) is 5.88. The number of ether oxygens (including phenoxy) is 1. The number of halogens is 3. The van der Waals surface area contributed by atoms with Gasteiger partial charge in [0.25, 0.3) is 10.1 Å². The quantitative estimate of drug-likeness (QED) is 0.314. The Hall–Kier alpha value is -2.77.